The van der Waals surface area contributed by atoms with Gasteiger partial charge in [-0.3, -0.25) is 9.59 Å². The smallest absolute Gasteiger partial charge is 0.240 e. The molecule has 2 N–H and O–H groups in total. The standard InChI is InChI=1S/C18H18BrN3O3/c1-25-14-8-6-13(7-9-14)12-20-22-18(24)11-10-17(23)21-16-5-3-2-4-15(16)19/h2-9,12H,10-11H2,1H3,(H,21,23)(H,22,24). The number of ether oxygens (including phenoxy) is 1. The maximum atomic E-state index is 11.9. The summed E-state index contributed by atoms with van der Waals surface area (Å²) in [7, 11) is 1.59. The Bertz CT molecular complexity index is 760. The third-order valence-corrected chi connectivity index (χ3v) is 3.94. The highest BCUT2D eigenvalue weighted by atomic mass is 79.9. The number of hydrazone groups is 1. The van der Waals surface area contributed by atoms with E-state index in [0.29, 0.717) is 5.69 Å². The summed E-state index contributed by atoms with van der Waals surface area (Å²) in [6, 6.07) is 14.5. The van der Waals surface area contributed by atoms with Crippen LogP contribution in [0.1, 0.15) is 18.4 Å². The van der Waals surface area contributed by atoms with Crippen molar-refractivity contribution in [2.45, 2.75) is 12.8 Å². The Balaban J connectivity index is 1.73. The number of benzene rings is 2. The van der Waals surface area contributed by atoms with E-state index in [9.17, 15) is 9.59 Å². The second kappa shape index (κ2) is 9.58. The van der Waals surface area contributed by atoms with E-state index in [4.69, 9.17) is 4.74 Å². The molecule has 0 aliphatic heterocycles. The van der Waals surface area contributed by atoms with Crippen molar-refractivity contribution in [1.29, 1.82) is 0 Å². The molecule has 0 heterocycles. The number of amides is 2. The highest BCUT2D eigenvalue weighted by Gasteiger charge is 2.08. The maximum Gasteiger partial charge on any atom is 0.240 e. The molecule has 0 aliphatic carbocycles. The molecular weight excluding hydrogens is 386 g/mol. The van der Waals surface area contributed by atoms with Gasteiger partial charge < -0.3 is 10.1 Å². The Hall–Kier alpha value is -2.67. The van der Waals surface area contributed by atoms with E-state index >= 15 is 0 Å². The first-order valence-electron chi connectivity index (χ1n) is 7.59. The molecule has 2 amide bonds. The van der Waals surface area contributed by atoms with Gasteiger partial charge in [0.15, 0.2) is 0 Å². The number of para-hydroxylation sites is 1. The lowest BCUT2D eigenvalue weighted by Crippen LogP contribution is -2.20. The van der Waals surface area contributed by atoms with Gasteiger partial charge >= 0.3 is 0 Å². The fourth-order valence-electron chi connectivity index (χ4n) is 1.93. The lowest BCUT2D eigenvalue weighted by molar-refractivity contribution is -0.124. The van der Waals surface area contributed by atoms with Gasteiger partial charge in [0.05, 0.1) is 19.0 Å². The number of nitrogens with one attached hydrogen (secondary N) is 2. The first-order chi connectivity index (χ1) is 12.1. The Kier molecular flexibility index (Phi) is 7.16. The van der Waals surface area contributed by atoms with Crippen LogP contribution in [0.2, 0.25) is 0 Å². The highest BCUT2D eigenvalue weighted by Crippen LogP contribution is 2.21. The SMILES string of the molecule is COc1ccc(C=NNC(=O)CCC(=O)Nc2ccccc2Br)cc1. The average Bonchev–Trinajstić information content (AvgIpc) is 2.62. The van der Waals surface area contributed by atoms with Gasteiger partial charge in [-0.2, -0.15) is 5.10 Å². The van der Waals surface area contributed by atoms with E-state index in [1.165, 1.54) is 6.21 Å². The second-order valence-electron chi connectivity index (χ2n) is 5.09. The van der Waals surface area contributed by atoms with Gasteiger partial charge in [0, 0.05) is 17.3 Å². The number of methoxy groups -OCH3 is 1. The van der Waals surface area contributed by atoms with E-state index in [1.807, 2.05) is 30.3 Å². The van der Waals surface area contributed by atoms with Gasteiger partial charge in [-0.1, -0.05) is 12.1 Å². The molecule has 0 aliphatic rings. The zero-order valence-electron chi connectivity index (χ0n) is 13.7. The van der Waals surface area contributed by atoms with Crippen LogP contribution in [0.4, 0.5) is 5.69 Å². The van der Waals surface area contributed by atoms with Crippen molar-refractivity contribution in [2.24, 2.45) is 5.10 Å². The molecule has 0 aromatic heterocycles. The van der Waals surface area contributed by atoms with Gasteiger partial charge in [0.2, 0.25) is 11.8 Å². The zero-order valence-corrected chi connectivity index (χ0v) is 15.2. The van der Waals surface area contributed by atoms with E-state index in [-0.39, 0.29) is 24.7 Å². The zero-order chi connectivity index (χ0) is 18.1. The van der Waals surface area contributed by atoms with Gasteiger partial charge in [-0.15, -0.1) is 0 Å². The van der Waals surface area contributed by atoms with E-state index in [0.717, 1.165) is 15.8 Å². The van der Waals surface area contributed by atoms with E-state index in [2.05, 4.69) is 31.8 Å². The number of anilines is 1. The van der Waals surface area contributed by atoms with Crippen molar-refractivity contribution in [3.8, 4) is 5.75 Å². The first-order valence-corrected chi connectivity index (χ1v) is 8.38. The molecule has 0 spiro atoms. The molecule has 6 nitrogen and oxygen atoms in total. The van der Waals surface area contributed by atoms with Gasteiger partial charge in [-0.05, 0) is 57.9 Å². The van der Waals surface area contributed by atoms with Crippen molar-refractivity contribution in [1.82, 2.24) is 5.43 Å². The van der Waals surface area contributed by atoms with Crippen LogP contribution < -0.4 is 15.5 Å². The maximum absolute atomic E-state index is 11.9. The van der Waals surface area contributed by atoms with Gasteiger partial charge in [-0.25, -0.2) is 5.43 Å². The molecule has 25 heavy (non-hydrogen) atoms. The fourth-order valence-corrected chi connectivity index (χ4v) is 2.31. The monoisotopic (exact) mass is 403 g/mol. The van der Waals surface area contributed by atoms with Gasteiger partial charge in [0.25, 0.3) is 0 Å². The quantitative estimate of drug-likeness (QED) is 0.549. The predicted molar refractivity (Wildman–Crippen MR) is 101 cm³/mol. The minimum atomic E-state index is -0.327. The number of carbonyl (C=O) groups is 2. The number of carbonyl (C=O) groups excluding carboxylic acids is 2. The summed E-state index contributed by atoms with van der Waals surface area (Å²) in [5, 5.41) is 6.61. The second-order valence-corrected chi connectivity index (χ2v) is 5.95. The topological polar surface area (TPSA) is 79.8 Å². The highest BCUT2D eigenvalue weighted by molar-refractivity contribution is 9.10. The van der Waals surface area contributed by atoms with Crippen LogP contribution in [0.5, 0.6) is 5.75 Å². The minimum Gasteiger partial charge on any atom is -0.497 e. The van der Waals surface area contributed by atoms with E-state index < -0.39 is 0 Å². The molecule has 0 radical (unpaired) electrons. The largest absolute Gasteiger partial charge is 0.497 e. The molecule has 0 unspecified atom stereocenters. The molecule has 2 aromatic carbocycles. The van der Waals surface area contributed by atoms with Crippen molar-refractivity contribution in [3.05, 3.63) is 58.6 Å². The Labute approximate surface area is 154 Å². The minimum absolute atomic E-state index is 0.0518. The third-order valence-electron chi connectivity index (χ3n) is 3.25. The molecule has 2 rings (SSSR count). The summed E-state index contributed by atoms with van der Waals surface area (Å²) in [6.07, 6.45) is 1.65. The third kappa shape index (κ3) is 6.39. The van der Waals surface area contributed by atoms with Crippen molar-refractivity contribution < 1.29 is 14.3 Å². The molecule has 0 saturated carbocycles. The van der Waals surface area contributed by atoms with Crippen LogP contribution in [-0.4, -0.2) is 25.1 Å². The molecule has 7 heteroatoms. The van der Waals surface area contributed by atoms with Gasteiger partial charge in [0.1, 0.15) is 5.75 Å². The van der Waals surface area contributed by atoms with Crippen LogP contribution in [0, 0.1) is 0 Å². The van der Waals surface area contributed by atoms with Crippen molar-refractivity contribution >= 4 is 39.6 Å². The number of hydrogen-bond acceptors (Lipinski definition) is 4. The van der Waals surface area contributed by atoms with Crippen LogP contribution in [-0.2, 0) is 9.59 Å². The summed E-state index contributed by atoms with van der Waals surface area (Å²) in [5.74, 6) is 0.186. The molecule has 0 bridgehead atoms. The first kappa shape index (κ1) is 18.7. The lowest BCUT2D eigenvalue weighted by atomic mass is 10.2. The van der Waals surface area contributed by atoms with Crippen molar-refractivity contribution in [3.63, 3.8) is 0 Å². The Morgan fingerprint density at radius 2 is 1.76 bits per heavy atom. The molecule has 130 valence electrons. The molecule has 0 atom stereocenters. The summed E-state index contributed by atoms with van der Waals surface area (Å²) < 4.78 is 5.85. The summed E-state index contributed by atoms with van der Waals surface area (Å²) in [4.78, 5) is 23.6. The predicted octanol–water partition coefficient (Wildman–Crippen LogP) is 3.33. The number of hydrogen-bond donors (Lipinski definition) is 2. The number of nitrogens with zero attached hydrogens (tertiary/aromatic N) is 1. The van der Waals surface area contributed by atoms with Crippen LogP contribution in [0.25, 0.3) is 0 Å². The molecule has 0 saturated heterocycles. The molecule has 0 fully saturated rings. The van der Waals surface area contributed by atoms with Crippen molar-refractivity contribution in [2.75, 3.05) is 12.4 Å². The summed E-state index contributed by atoms with van der Waals surface area (Å²) >= 11 is 3.35. The van der Waals surface area contributed by atoms with E-state index in [1.54, 1.807) is 25.3 Å². The number of halogens is 1. The van der Waals surface area contributed by atoms with Crippen LogP contribution in [0.15, 0.2) is 58.1 Å². The molecular formula is C18H18BrN3O3. The lowest BCUT2D eigenvalue weighted by Gasteiger charge is -2.06. The molecule has 2 aromatic rings. The Morgan fingerprint density at radius 3 is 2.44 bits per heavy atom. The average molecular weight is 404 g/mol. The summed E-state index contributed by atoms with van der Waals surface area (Å²) in [6.45, 7) is 0. The Morgan fingerprint density at radius 1 is 1.08 bits per heavy atom. The number of rotatable bonds is 7. The summed E-state index contributed by atoms with van der Waals surface area (Å²) in [5.41, 5.74) is 3.90. The van der Waals surface area contributed by atoms with Crippen LogP contribution >= 0.6 is 15.9 Å². The normalized spacial score (nSPS) is 10.5. The van der Waals surface area contributed by atoms with Crippen LogP contribution in [0.3, 0.4) is 0 Å². The fraction of sp³-hybridized carbons (Fsp3) is 0.167.